The summed E-state index contributed by atoms with van der Waals surface area (Å²) in [5, 5.41) is -1.93. The SMILES string of the molecule is [2H]c1ccc(-c2cc(-c3cc([2H])c([2H])c([2H])c3[2H])nc(-c3c([2H])c([2H])c4nc(-c5c(C)cc([2H])c([2H])c5[2H])c5c(N(c6c([2H])c([2H])c([2H])c([2H])c6[2H])c6c([2H])c([2H])c([2H])c([2H])c6[2H])cc6cc([2H])c([2H])c([2H])c6c5c4c3[2H])n2)c([2H])c1[2H]. The van der Waals surface area contributed by atoms with Crippen LogP contribution < -0.4 is 4.90 Å². The average molecular weight is 743 g/mol. The molecule has 2 heterocycles. The fourth-order valence-electron chi connectivity index (χ4n) is 6.38. The summed E-state index contributed by atoms with van der Waals surface area (Å²) in [5.74, 6) is -0.612. The summed E-state index contributed by atoms with van der Waals surface area (Å²) in [7, 11) is 0. The highest BCUT2D eigenvalue weighted by atomic mass is 15.1. The molecule has 0 aliphatic rings. The van der Waals surface area contributed by atoms with Gasteiger partial charge in [0, 0.05) is 49.8 Å². The second kappa shape index (κ2) is 14.1. The number of pyridine rings is 1. The smallest absolute Gasteiger partial charge is 0.160 e. The van der Waals surface area contributed by atoms with Crippen LogP contribution in [-0.2, 0) is 0 Å². The summed E-state index contributed by atoms with van der Waals surface area (Å²) < 4.78 is 233. The molecule has 0 fully saturated rings. The Morgan fingerprint density at radius 1 is 0.500 bits per heavy atom. The van der Waals surface area contributed by atoms with Gasteiger partial charge in [0.1, 0.15) is 0 Å². The molecule has 0 spiro atoms. The van der Waals surface area contributed by atoms with Gasteiger partial charge in [0.2, 0.25) is 0 Å². The normalized spacial score (nSPS) is 17.8. The highest BCUT2D eigenvalue weighted by molar-refractivity contribution is 6.27. The van der Waals surface area contributed by atoms with E-state index in [1.54, 1.807) is 0 Å². The summed E-state index contributed by atoms with van der Waals surface area (Å²) in [5.41, 5.74) is -5.01. The number of aromatic nitrogens is 3. The number of hydrogen-bond donors (Lipinski definition) is 0. The number of nitrogens with zero attached hydrogens (tertiary/aromatic N) is 4. The van der Waals surface area contributed by atoms with Gasteiger partial charge in [-0.05, 0) is 77.7 Å². The second-order valence-electron chi connectivity index (χ2n) is 12.1. The van der Waals surface area contributed by atoms with Crippen molar-refractivity contribution in [2.45, 2.75) is 6.92 Å². The number of hydrogen-bond acceptors (Lipinski definition) is 4. The second-order valence-corrected chi connectivity index (χ2v) is 12.1. The van der Waals surface area contributed by atoms with Crippen LogP contribution in [0.25, 0.3) is 77.6 Å². The fraction of sp³-hybridized carbons (Fsp3) is 0.0192. The Kier molecular flexibility index (Phi) is 3.96. The topological polar surface area (TPSA) is 41.9 Å². The van der Waals surface area contributed by atoms with Crippen LogP contribution in [-0.4, -0.2) is 15.0 Å². The lowest BCUT2D eigenvalue weighted by molar-refractivity contribution is 1.18. The number of rotatable bonds is 7. The van der Waals surface area contributed by atoms with Gasteiger partial charge in [-0.15, -0.1) is 0 Å². The summed E-state index contributed by atoms with van der Waals surface area (Å²) >= 11 is 0. The highest BCUT2D eigenvalue weighted by Gasteiger charge is 2.24. The molecular weight excluding hydrogens is 681 g/mol. The predicted molar refractivity (Wildman–Crippen MR) is 234 cm³/mol. The van der Waals surface area contributed by atoms with Crippen LogP contribution in [0.3, 0.4) is 0 Å². The van der Waals surface area contributed by atoms with Crippen molar-refractivity contribution >= 4 is 49.5 Å². The molecule has 0 saturated carbocycles. The van der Waals surface area contributed by atoms with Gasteiger partial charge in [-0.25, -0.2) is 15.0 Å². The molecule has 0 saturated heterocycles. The van der Waals surface area contributed by atoms with Crippen molar-refractivity contribution < 1.29 is 35.6 Å². The van der Waals surface area contributed by atoms with Crippen molar-refractivity contribution in [2.24, 2.45) is 0 Å². The maximum atomic E-state index is 10.3. The van der Waals surface area contributed by atoms with Gasteiger partial charge in [0.25, 0.3) is 0 Å². The Bertz CT molecular complexity index is 4440. The van der Waals surface area contributed by atoms with Crippen molar-refractivity contribution in [1.29, 1.82) is 0 Å². The Morgan fingerprint density at radius 2 is 1.14 bits per heavy atom. The molecule has 10 aromatic rings. The van der Waals surface area contributed by atoms with Gasteiger partial charge in [-0.3, -0.25) is 0 Å². The van der Waals surface area contributed by atoms with E-state index in [9.17, 15) is 12.3 Å². The van der Waals surface area contributed by atoms with Crippen LogP contribution in [0, 0.1) is 6.92 Å². The molecule has 0 bridgehead atoms. The third-order valence-corrected chi connectivity index (χ3v) is 8.82. The van der Waals surface area contributed by atoms with Crippen LogP contribution in [0.2, 0.25) is 0 Å². The first-order valence-electron chi connectivity index (χ1n) is 29.8. The van der Waals surface area contributed by atoms with Crippen molar-refractivity contribution in [1.82, 2.24) is 15.0 Å². The number of aryl methyl sites for hydroxylation is 1. The lowest BCUT2D eigenvalue weighted by Crippen LogP contribution is -2.11. The Labute approximate surface area is 362 Å². The Hall–Kier alpha value is -7.43. The zero-order valence-electron chi connectivity index (χ0n) is 54.8. The Balaban J connectivity index is 1.52. The first-order valence-corrected chi connectivity index (χ1v) is 16.8. The fourth-order valence-corrected chi connectivity index (χ4v) is 6.38. The van der Waals surface area contributed by atoms with Crippen molar-refractivity contribution in [3.8, 4) is 45.2 Å². The molecule has 10 rings (SSSR count). The maximum Gasteiger partial charge on any atom is 0.160 e. The van der Waals surface area contributed by atoms with E-state index in [1.807, 2.05) is 0 Å². The van der Waals surface area contributed by atoms with E-state index in [1.165, 1.54) is 31.2 Å². The van der Waals surface area contributed by atoms with Crippen LogP contribution in [0.1, 0.15) is 41.2 Å². The first kappa shape index (κ1) is 15.7. The lowest BCUT2D eigenvalue weighted by atomic mass is 9.91. The van der Waals surface area contributed by atoms with E-state index >= 15 is 0 Å². The molecule has 0 aliphatic carbocycles. The molecule has 0 radical (unpaired) electrons. The summed E-state index contributed by atoms with van der Waals surface area (Å²) in [6.07, 6.45) is 0. The molecule has 2 aromatic heterocycles. The first-order chi connectivity index (χ1) is 38.4. The van der Waals surface area contributed by atoms with Gasteiger partial charge < -0.3 is 4.90 Å². The van der Waals surface area contributed by atoms with E-state index in [4.69, 9.17) is 28.3 Å². The summed E-state index contributed by atoms with van der Waals surface area (Å²) in [6.45, 7) is 1.42. The molecule has 0 atom stereocenters. The number of para-hydroxylation sites is 2. The Morgan fingerprint density at radius 3 is 1.93 bits per heavy atom. The van der Waals surface area contributed by atoms with E-state index in [0.29, 0.717) is 0 Å². The van der Waals surface area contributed by atoms with Gasteiger partial charge in [-0.1, -0.05) is 145 Å². The molecule has 4 heteroatoms. The molecule has 8 aromatic carbocycles. The van der Waals surface area contributed by atoms with E-state index in [-0.39, 0.29) is 50.5 Å². The van der Waals surface area contributed by atoms with Gasteiger partial charge in [0.15, 0.2) is 5.82 Å². The monoisotopic (exact) mass is 742 g/mol. The third-order valence-electron chi connectivity index (χ3n) is 8.82. The van der Waals surface area contributed by atoms with E-state index in [2.05, 4.69) is 9.97 Å². The standard InChI is InChI=1S/C52H36N4/c1-35-18-14-16-28-42(35)51-50-48(56(40-24-10-4-11-25-40)41-26-12-5-13-27-41)33-38-23-15-17-29-43(38)49(50)44-32-39(30-31-45(44)53-51)52-54-46(36-19-6-2-7-20-36)34-47(55-52)37-21-8-3-9-22-37/h2-34H,1H3/i2D,3D,4D,5D,6D,7D,8D,10D,11D,12D,13D,14D,15D,16D,17D,19D,21D,24D,25D,26D,27D,28D,29D,30D,31D,32D. The quantitative estimate of drug-likeness (QED) is 0.153. The minimum atomic E-state index is -0.993. The minimum absolute atomic E-state index is 0.0520. The largest absolute Gasteiger partial charge is 0.310 e. The van der Waals surface area contributed by atoms with Gasteiger partial charge in [0.05, 0.1) is 63.9 Å². The number of anilines is 3. The molecule has 264 valence electrons. The van der Waals surface area contributed by atoms with Crippen LogP contribution in [0.4, 0.5) is 17.1 Å². The van der Waals surface area contributed by atoms with Crippen LogP contribution in [0.5, 0.6) is 0 Å². The predicted octanol–water partition coefficient (Wildman–Crippen LogP) is 13.8. The van der Waals surface area contributed by atoms with Crippen molar-refractivity contribution in [3.05, 3.63) is 205 Å². The van der Waals surface area contributed by atoms with Crippen molar-refractivity contribution in [3.63, 3.8) is 0 Å². The third kappa shape index (κ3) is 5.94. The molecule has 0 N–H and O–H groups in total. The zero-order valence-corrected chi connectivity index (χ0v) is 28.8. The van der Waals surface area contributed by atoms with Gasteiger partial charge >= 0.3 is 0 Å². The van der Waals surface area contributed by atoms with E-state index < -0.39 is 207 Å². The van der Waals surface area contributed by atoms with Crippen molar-refractivity contribution in [2.75, 3.05) is 4.90 Å². The molecule has 0 aliphatic heterocycles. The summed E-state index contributed by atoms with van der Waals surface area (Å²) in [6, 6.07) is -11.6. The maximum absolute atomic E-state index is 10.3. The molecule has 0 unspecified atom stereocenters. The zero-order chi connectivity index (χ0) is 60.1. The molecule has 0 amide bonds. The van der Waals surface area contributed by atoms with Crippen LogP contribution >= 0.6 is 0 Å². The molecule has 4 nitrogen and oxygen atoms in total. The number of benzene rings is 8. The minimum Gasteiger partial charge on any atom is -0.310 e. The molecule has 56 heavy (non-hydrogen) atoms. The van der Waals surface area contributed by atoms with E-state index in [0.717, 1.165) is 23.1 Å². The summed E-state index contributed by atoms with van der Waals surface area (Å²) in [4.78, 5) is 14.9. The van der Waals surface area contributed by atoms with Gasteiger partial charge in [-0.2, -0.15) is 0 Å². The van der Waals surface area contributed by atoms with Crippen LogP contribution in [0.15, 0.2) is 200 Å². The number of fused-ring (bicyclic) bond motifs is 5. The molecular formula is C52H36N4. The average Bonchev–Trinajstić information content (AvgIpc) is 3.57. The lowest BCUT2D eigenvalue weighted by Gasteiger charge is -2.29. The highest BCUT2D eigenvalue weighted by Crippen LogP contribution is 2.48.